The van der Waals surface area contributed by atoms with Gasteiger partial charge in [0.2, 0.25) is 0 Å². The third kappa shape index (κ3) is 5.43. The summed E-state index contributed by atoms with van der Waals surface area (Å²) in [6.45, 7) is 1.02. The van der Waals surface area contributed by atoms with Crippen molar-refractivity contribution in [3.05, 3.63) is 103 Å². The first kappa shape index (κ1) is 20.4. The Morgan fingerprint density at radius 1 is 0.697 bits per heavy atom. The van der Waals surface area contributed by atoms with Crippen LogP contribution in [0.5, 0.6) is 17.2 Å². The van der Waals surface area contributed by atoms with Gasteiger partial charge in [-0.15, -0.1) is 5.10 Å². The molecule has 0 amide bonds. The average molecular weight is 439 g/mol. The summed E-state index contributed by atoms with van der Waals surface area (Å²) in [5, 5.41) is 12.1. The van der Waals surface area contributed by atoms with Gasteiger partial charge in [0.05, 0.1) is 11.2 Å². The van der Waals surface area contributed by atoms with E-state index in [1.54, 1.807) is 0 Å². The molecule has 164 valence electrons. The van der Waals surface area contributed by atoms with E-state index in [9.17, 15) is 0 Å². The Labute approximate surface area is 190 Å². The van der Waals surface area contributed by atoms with E-state index in [4.69, 9.17) is 14.2 Å². The molecule has 0 bridgehead atoms. The van der Waals surface area contributed by atoms with Gasteiger partial charge in [0, 0.05) is 11.5 Å². The van der Waals surface area contributed by atoms with E-state index in [-0.39, 0.29) is 6.73 Å². The predicted molar refractivity (Wildman–Crippen MR) is 122 cm³/mol. The molecule has 0 aliphatic rings. The Hall–Kier alpha value is -4.46. The van der Waals surface area contributed by atoms with Crippen molar-refractivity contribution >= 4 is 10.9 Å². The van der Waals surface area contributed by atoms with Gasteiger partial charge in [0.15, 0.2) is 6.73 Å². The van der Waals surface area contributed by atoms with Crippen molar-refractivity contribution in [2.75, 3.05) is 0 Å². The molecule has 8 heteroatoms. The number of hydrogen-bond donors (Lipinski definition) is 0. The molecule has 5 aromatic rings. The highest BCUT2D eigenvalue weighted by Crippen LogP contribution is 2.22. The van der Waals surface area contributed by atoms with Gasteiger partial charge in [-0.2, -0.15) is 4.68 Å². The predicted octanol–water partition coefficient (Wildman–Crippen LogP) is 4.42. The van der Waals surface area contributed by atoms with E-state index in [1.165, 1.54) is 11.0 Å². The highest BCUT2D eigenvalue weighted by Gasteiger charge is 2.04. The van der Waals surface area contributed by atoms with Crippen LogP contribution in [0.15, 0.2) is 91.3 Å². The van der Waals surface area contributed by atoms with Crippen molar-refractivity contribution < 1.29 is 14.2 Å². The fourth-order valence-corrected chi connectivity index (χ4v) is 3.27. The van der Waals surface area contributed by atoms with Crippen molar-refractivity contribution in [2.24, 2.45) is 0 Å². The molecule has 3 aromatic carbocycles. The van der Waals surface area contributed by atoms with Crippen LogP contribution in [0, 0.1) is 0 Å². The molecule has 0 saturated heterocycles. The first-order valence-electron chi connectivity index (χ1n) is 10.4. The highest BCUT2D eigenvalue weighted by atomic mass is 16.5. The van der Waals surface area contributed by atoms with Crippen molar-refractivity contribution in [2.45, 2.75) is 19.9 Å². The van der Waals surface area contributed by atoms with Crippen LogP contribution in [0.25, 0.3) is 10.9 Å². The molecule has 0 unspecified atom stereocenters. The van der Waals surface area contributed by atoms with Gasteiger partial charge in [0.25, 0.3) is 0 Å². The van der Waals surface area contributed by atoms with Crippen molar-refractivity contribution in [3.63, 3.8) is 0 Å². The van der Waals surface area contributed by atoms with E-state index in [2.05, 4.69) is 26.6 Å². The molecule has 0 radical (unpaired) electrons. The number of hydrogen-bond acceptors (Lipinski definition) is 7. The maximum absolute atomic E-state index is 5.96. The number of aromatic nitrogens is 5. The molecule has 0 spiro atoms. The zero-order valence-electron chi connectivity index (χ0n) is 17.7. The summed E-state index contributed by atoms with van der Waals surface area (Å²) in [5.41, 5.74) is 2.81. The summed E-state index contributed by atoms with van der Waals surface area (Å²) in [5.74, 6) is 2.16. The summed E-state index contributed by atoms with van der Waals surface area (Å²) in [4.78, 5) is 4.65. The molecule has 0 saturated carbocycles. The van der Waals surface area contributed by atoms with Crippen LogP contribution in [0.4, 0.5) is 0 Å². The first-order valence-corrected chi connectivity index (χ1v) is 10.4. The molecule has 5 rings (SSSR count). The van der Waals surface area contributed by atoms with E-state index >= 15 is 0 Å². The number of para-hydroxylation sites is 1. The van der Waals surface area contributed by atoms with Gasteiger partial charge in [0.1, 0.15) is 36.8 Å². The fourth-order valence-electron chi connectivity index (χ4n) is 3.27. The maximum Gasteiger partial charge on any atom is 0.184 e. The molecule has 8 nitrogen and oxygen atoms in total. The monoisotopic (exact) mass is 439 g/mol. The minimum absolute atomic E-state index is 0.239. The van der Waals surface area contributed by atoms with E-state index in [1.807, 2.05) is 78.9 Å². The number of pyridine rings is 1. The molecule has 2 heterocycles. The van der Waals surface area contributed by atoms with Crippen LogP contribution in [-0.2, 0) is 19.9 Å². The zero-order chi connectivity index (χ0) is 22.3. The summed E-state index contributed by atoms with van der Waals surface area (Å²) in [6.07, 6.45) is 1.50. The van der Waals surface area contributed by atoms with E-state index in [0.717, 1.165) is 33.7 Å². The summed E-state index contributed by atoms with van der Waals surface area (Å²) >= 11 is 0. The quantitative estimate of drug-likeness (QED) is 0.336. The average Bonchev–Trinajstić information content (AvgIpc) is 3.39. The third-order valence-corrected chi connectivity index (χ3v) is 4.91. The molecule has 0 aliphatic carbocycles. The molecule has 33 heavy (non-hydrogen) atoms. The minimum Gasteiger partial charge on any atom is -0.489 e. The number of nitrogens with zero attached hydrogens (tertiary/aromatic N) is 5. The Morgan fingerprint density at radius 2 is 1.48 bits per heavy atom. The number of tetrazole rings is 1. The Bertz CT molecular complexity index is 1340. The maximum atomic E-state index is 5.96. The molecule has 0 atom stereocenters. The van der Waals surface area contributed by atoms with Gasteiger partial charge in [-0.3, -0.25) is 0 Å². The number of ether oxygens (including phenoxy) is 3. The summed E-state index contributed by atoms with van der Waals surface area (Å²) in [7, 11) is 0. The Balaban J connectivity index is 1.17. The van der Waals surface area contributed by atoms with Crippen LogP contribution >= 0.6 is 0 Å². The third-order valence-electron chi connectivity index (χ3n) is 4.91. The number of benzene rings is 3. The second-order valence-electron chi connectivity index (χ2n) is 7.32. The topological polar surface area (TPSA) is 84.2 Å². The van der Waals surface area contributed by atoms with Crippen LogP contribution in [-0.4, -0.2) is 25.2 Å². The van der Waals surface area contributed by atoms with Crippen molar-refractivity contribution in [1.82, 2.24) is 25.2 Å². The van der Waals surface area contributed by atoms with Gasteiger partial charge in [-0.25, -0.2) is 4.98 Å². The largest absolute Gasteiger partial charge is 0.489 e. The first-order chi connectivity index (χ1) is 16.3. The number of rotatable bonds is 9. The van der Waals surface area contributed by atoms with Crippen LogP contribution in [0.2, 0.25) is 0 Å². The lowest BCUT2D eigenvalue weighted by Crippen LogP contribution is -2.06. The summed E-state index contributed by atoms with van der Waals surface area (Å²) < 4.78 is 19.1. The van der Waals surface area contributed by atoms with Gasteiger partial charge in [-0.1, -0.05) is 42.5 Å². The van der Waals surface area contributed by atoms with E-state index in [0.29, 0.717) is 19.0 Å². The van der Waals surface area contributed by atoms with Crippen molar-refractivity contribution in [1.29, 1.82) is 0 Å². The lowest BCUT2D eigenvalue weighted by atomic mass is 10.2. The SMILES string of the molecule is c1cc(OCc2cccc(OCn3cnnn3)c2)cc(OCc2ccc3ccccc3n2)c1. The Kier molecular flexibility index (Phi) is 6.06. The second kappa shape index (κ2) is 9.78. The smallest absolute Gasteiger partial charge is 0.184 e. The van der Waals surface area contributed by atoms with Gasteiger partial charge < -0.3 is 14.2 Å². The van der Waals surface area contributed by atoms with Crippen molar-refractivity contribution in [3.8, 4) is 17.2 Å². The van der Waals surface area contributed by atoms with Crippen LogP contribution in [0.1, 0.15) is 11.3 Å². The van der Waals surface area contributed by atoms with Gasteiger partial charge in [-0.05, 0) is 52.4 Å². The zero-order valence-corrected chi connectivity index (χ0v) is 17.7. The molecular weight excluding hydrogens is 418 g/mol. The summed E-state index contributed by atoms with van der Waals surface area (Å²) in [6, 6.07) is 27.4. The highest BCUT2D eigenvalue weighted by molar-refractivity contribution is 5.78. The molecular formula is C25H21N5O3. The normalized spacial score (nSPS) is 10.8. The fraction of sp³-hybridized carbons (Fsp3) is 0.120. The standard InChI is InChI=1S/C25H21N5O3/c1-2-10-25-20(6-1)11-12-21(27-25)16-32-24-9-4-8-23(14-24)31-15-19-5-3-7-22(13-19)33-18-30-17-26-28-29-30/h1-14,17H,15-16,18H2. The van der Waals surface area contributed by atoms with Crippen LogP contribution < -0.4 is 14.2 Å². The Morgan fingerprint density at radius 3 is 2.33 bits per heavy atom. The minimum atomic E-state index is 0.239. The number of fused-ring (bicyclic) bond motifs is 1. The second-order valence-corrected chi connectivity index (χ2v) is 7.32. The molecule has 2 aromatic heterocycles. The van der Waals surface area contributed by atoms with E-state index < -0.39 is 0 Å². The lowest BCUT2D eigenvalue weighted by molar-refractivity contribution is 0.217. The molecule has 0 fully saturated rings. The molecule has 0 N–H and O–H groups in total. The van der Waals surface area contributed by atoms with Crippen LogP contribution in [0.3, 0.4) is 0 Å². The molecule has 0 aliphatic heterocycles. The van der Waals surface area contributed by atoms with Gasteiger partial charge >= 0.3 is 0 Å². The lowest BCUT2D eigenvalue weighted by Gasteiger charge is -2.11.